The standard InChI is InChI=1S/C22H18BrFN4O2/c1-13-7-8-25-15(9-13)12-30-16-4-5-17(18(10-16)29-2)20-21(23)28-22(27-20)14-3-6-19(24)26-11-14/h3-11H,12H2,1-2H3,(H,27,28). The van der Waals surface area contributed by atoms with Crippen molar-refractivity contribution in [3.8, 4) is 34.1 Å². The van der Waals surface area contributed by atoms with Gasteiger partial charge in [0, 0.05) is 29.6 Å². The molecule has 0 aliphatic heterocycles. The van der Waals surface area contributed by atoms with Crippen LogP contribution in [0.1, 0.15) is 11.3 Å². The third kappa shape index (κ3) is 4.33. The summed E-state index contributed by atoms with van der Waals surface area (Å²) in [6, 6.07) is 12.4. The maximum atomic E-state index is 13.1. The molecule has 0 radical (unpaired) electrons. The Hall–Kier alpha value is -3.26. The number of ether oxygens (including phenoxy) is 2. The quantitative estimate of drug-likeness (QED) is 0.387. The van der Waals surface area contributed by atoms with Gasteiger partial charge in [-0.3, -0.25) is 4.98 Å². The van der Waals surface area contributed by atoms with Crippen LogP contribution in [-0.2, 0) is 6.61 Å². The van der Waals surface area contributed by atoms with E-state index >= 15 is 0 Å². The molecule has 8 heteroatoms. The Kier molecular flexibility index (Phi) is 5.76. The van der Waals surface area contributed by atoms with E-state index in [-0.39, 0.29) is 0 Å². The van der Waals surface area contributed by atoms with E-state index < -0.39 is 5.95 Å². The highest BCUT2D eigenvalue weighted by molar-refractivity contribution is 9.10. The smallest absolute Gasteiger partial charge is 0.212 e. The van der Waals surface area contributed by atoms with Gasteiger partial charge in [-0.2, -0.15) is 4.39 Å². The largest absolute Gasteiger partial charge is 0.496 e. The molecule has 0 atom stereocenters. The molecule has 30 heavy (non-hydrogen) atoms. The van der Waals surface area contributed by atoms with Crippen molar-refractivity contribution in [3.05, 3.63) is 76.7 Å². The van der Waals surface area contributed by atoms with Crippen molar-refractivity contribution in [3.63, 3.8) is 0 Å². The minimum absolute atomic E-state index is 0.359. The molecule has 0 unspecified atom stereocenters. The average molecular weight is 469 g/mol. The Morgan fingerprint density at radius 1 is 1.10 bits per heavy atom. The zero-order chi connectivity index (χ0) is 21.1. The Labute approximate surface area is 181 Å². The van der Waals surface area contributed by atoms with Crippen molar-refractivity contribution >= 4 is 15.9 Å². The van der Waals surface area contributed by atoms with Gasteiger partial charge in [0.05, 0.1) is 12.8 Å². The van der Waals surface area contributed by atoms with Crippen molar-refractivity contribution < 1.29 is 13.9 Å². The molecule has 0 saturated carbocycles. The number of aromatic amines is 1. The maximum Gasteiger partial charge on any atom is 0.212 e. The summed E-state index contributed by atoms with van der Waals surface area (Å²) < 4.78 is 25.2. The van der Waals surface area contributed by atoms with Crippen LogP contribution >= 0.6 is 15.9 Å². The fraction of sp³-hybridized carbons (Fsp3) is 0.136. The van der Waals surface area contributed by atoms with Gasteiger partial charge in [-0.05, 0) is 64.8 Å². The molecule has 1 aromatic carbocycles. The third-order valence-corrected chi connectivity index (χ3v) is 5.02. The van der Waals surface area contributed by atoms with Crippen LogP contribution in [0.15, 0.2) is 59.5 Å². The highest BCUT2D eigenvalue weighted by Gasteiger charge is 2.17. The topological polar surface area (TPSA) is 72.9 Å². The van der Waals surface area contributed by atoms with Gasteiger partial charge < -0.3 is 14.5 Å². The van der Waals surface area contributed by atoms with E-state index in [0.29, 0.717) is 39.8 Å². The van der Waals surface area contributed by atoms with Crippen molar-refractivity contribution in [1.29, 1.82) is 0 Å². The molecule has 3 heterocycles. The highest BCUT2D eigenvalue weighted by Crippen LogP contribution is 2.37. The van der Waals surface area contributed by atoms with Gasteiger partial charge in [-0.1, -0.05) is 0 Å². The number of nitrogens with one attached hydrogen (secondary N) is 1. The summed E-state index contributed by atoms with van der Waals surface area (Å²) in [5, 5.41) is 0. The van der Waals surface area contributed by atoms with Crippen molar-refractivity contribution in [2.75, 3.05) is 7.11 Å². The Morgan fingerprint density at radius 3 is 2.70 bits per heavy atom. The van der Waals surface area contributed by atoms with Crippen LogP contribution in [0.2, 0.25) is 0 Å². The zero-order valence-electron chi connectivity index (χ0n) is 16.3. The average Bonchev–Trinajstić information content (AvgIpc) is 3.14. The van der Waals surface area contributed by atoms with E-state index in [1.54, 1.807) is 19.4 Å². The Balaban J connectivity index is 1.59. The molecule has 0 bridgehead atoms. The van der Waals surface area contributed by atoms with Crippen LogP contribution in [0.4, 0.5) is 4.39 Å². The molecule has 1 N–H and O–H groups in total. The van der Waals surface area contributed by atoms with E-state index in [1.807, 2.05) is 37.3 Å². The summed E-state index contributed by atoms with van der Waals surface area (Å²) in [6.45, 7) is 2.37. The molecule has 6 nitrogen and oxygen atoms in total. The van der Waals surface area contributed by atoms with Gasteiger partial charge >= 0.3 is 0 Å². The van der Waals surface area contributed by atoms with Crippen LogP contribution in [0.5, 0.6) is 11.5 Å². The summed E-state index contributed by atoms with van der Waals surface area (Å²) >= 11 is 3.51. The number of rotatable bonds is 6. The minimum Gasteiger partial charge on any atom is -0.496 e. The summed E-state index contributed by atoms with van der Waals surface area (Å²) in [6.07, 6.45) is 3.19. The predicted octanol–water partition coefficient (Wildman–Crippen LogP) is 5.33. The van der Waals surface area contributed by atoms with Crippen LogP contribution < -0.4 is 9.47 Å². The van der Waals surface area contributed by atoms with Crippen LogP contribution in [0, 0.1) is 12.9 Å². The monoisotopic (exact) mass is 468 g/mol. The summed E-state index contributed by atoms with van der Waals surface area (Å²) in [7, 11) is 1.59. The van der Waals surface area contributed by atoms with Gasteiger partial charge in [-0.25, -0.2) is 9.97 Å². The fourth-order valence-electron chi connectivity index (χ4n) is 2.97. The molecule has 0 fully saturated rings. The van der Waals surface area contributed by atoms with Crippen LogP contribution in [0.25, 0.3) is 22.6 Å². The van der Waals surface area contributed by atoms with Crippen molar-refractivity contribution in [1.82, 2.24) is 19.9 Å². The zero-order valence-corrected chi connectivity index (χ0v) is 17.9. The molecule has 0 aliphatic rings. The second kappa shape index (κ2) is 8.62. The van der Waals surface area contributed by atoms with E-state index in [1.165, 1.54) is 12.3 Å². The van der Waals surface area contributed by atoms with E-state index in [4.69, 9.17) is 9.47 Å². The van der Waals surface area contributed by atoms with Gasteiger partial charge in [0.15, 0.2) is 0 Å². The first kappa shape index (κ1) is 20.0. The molecule has 3 aromatic heterocycles. The lowest BCUT2D eigenvalue weighted by atomic mass is 10.1. The number of benzene rings is 1. The predicted molar refractivity (Wildman–Crippen MR) is 115 cm³/mol. The number of imidazole rings is 1. The molecule has 0 spiro atoms. The van der Waals surface area contributed by atoms with Gasteiger partial charge in [-0.15, -0.1) is 0 Å². The molecular formula is C22H18BrFN4O2. The number of aryl methyl sites for hydroxylation is 1. The first-order valence-corrected chi connectivity index (χ1v) is 9.93. The first-order chi connectivity index (χ1) is 14.5. The number of hydrogen-bond acceptors (Lipinski definition) is 5. The molecule has 0 saturated heterocycles. The van der Waals surface area contributed by atoms with Gasteiger partial charge in [0.2, 0.25) is 5.95 Å². The lowest BCUT2D eigenvalue weighted by Gasteiger charge is -2.11. The first-order valence-electron chi connectivity index (χ1n) is 9.13. The third-order valence-electron chi connectivity index (χ3n) is 4.45. The number of H-pyrrole nitrogens is 1. The fourth-order valence-corrected chi connectivity index (χ4v) is 3.47. The molecule has 4 rings (SSSR count). The lowest BCUT2D eigenvalue weighted by Crippen LogP contribution is -1.99. The van der Waals surface area contributed by atoms with E-state index in [0.717, 1.165) is 16.8 Å². The van der Waals surface area contributed by atoms with E-state index in [2.05, 4.69) is 35.9 Å². The molecule has 0 amide bonds. The molecular weight excluding hydrogens is 451 g/mol. The normalized spacial score (nSPS) is 10.8. The van der Waals surface area contributed by atoms with Crippen LogP contribution in [0.3, 0.4) is 0 Å². The number of halogens is 2. The number of pyridine rings is 2. The molecule has 152 valence electrons. The summed E-state index contributed by atoms with van der Waals surface area (Å²) in [5.74, 6) is 1.30. The van der Waals surface area contributed by atoms with E-state index in [9.17, 15) is 4.39 Å². The number of nitrogens with zero attached hydrogens (tertiary/aromatic N) is 3. The van der Waals surface area contributed by atoms with Crippen molar-refractivity contribution in [2.45, 2.75) is 13.5 Å². The molecule has 0 aliphatic carbocycles. The summed E-state index contributed by atoms with van der Waals surface area (Å²) in [4.78, 5) is 15.8. The number of hydrogen-bond donors (Lipinski definition) is 1. The van der Waals surface area contributed by atoms with Gasteiger partial charge in [0.25, 0.3) is 0 Å². The second-order valence-electron chi connectivity index (χ2n) is 6.59. The summed E-state index contributed by atoms with van der Waals surface area (Å²) in [5.41, 5.74) is 4.10. The van der Waals surface area contributed by atoms with Gasteiger partial charge in [0.1, 0.15) is 34.2 Å². The number of methoxy groups -OCH3 is 1. The highest BCUT2D eigenvalue weighted by atomic mass is 79.9. The maximum absolute atomic E-state index is 13.1. The minimum atomic E-state index is -0.539. The Morgan fingerprint density at radius 2 is 1.97 bits per heavy atom. The SMILES string of the molecule is COc1cc(OCc2cc(C)ccn2)ccc1-c1nc(-c2ccc(F)nc2)[nH]c1Br. The lowest BCUT2D eigenvalue weighted by molar-refractivity contribution is 0.299. The number of aromatic nitrogens is 4. The second-order valence-corrected chi connectivity index (χ2v) is 7.39. The van der Waals surface area contributed by atoms with Crippen molar-refractivity contribution in [2.24, 2.45) is 0 Å². The molecule has 4 aromatic rings. The Bertz CT molecular complexity index is 1180. The van der Waals surface area contributed by atoms with Crippen LogP contribution in [-0.4, -0.2) is 27.0 Å².